The van der Waals surface area contributed by atoms with Gasteiger partial charge in [0.25, 0.3) is 5.91 Å². The van der Waals surface area contributed by atoms with E-state index in [-0.39, 0.29) is 11.8 Å². The number of imide groups is 1. The van der Waals surface area contributed by atoms with E-state index < -0.39 is 18.1 Å². The minimum absolute atomic E-state index is 0.240. The molecule has 2 fully saturated rings. The second kappa shape index (κ2) is 11.8. The molecular weight excluding hydrogens is 476 g/mol. The standard InChI is InChI=1S/C32H36N2O4/c1-3-4-5-6-7-11-22-37-27-20-16-24(17-21-27)29-28-30(38-34(29)26-12-9-8-10-13-26)32(36)33(31(28)35)25-18-14-23(2)15-19-25/h8-10,12-21,28-30H,3-7,11,22H2,1-2H3/t28-,29+,30-/m0/s1. The molecule has 0 aliphatic carbocycles. The summed E-state index contributed by atoms with van der Waals surface area (Å²) in [6.45, 7) is 4.89. The van der Waals surface area contributed by atoms with Gasteiger partial charge in [0, 0.05) is 0 Å². The second-order valence-electron chi connectivity index (χ2n) is 10.2. The number of para-hydroxylation sites is 1. The van der Waals surface area contributed by atoms with Crippen molar-refractivity contribution in [2.45, 2.75) is 64.5 Å². The largest absolute Gasteiger partial charge is 0.494 e. The fourth-order valence-corrected chi connectivity index (χ4v) is 5.33. The van der Waals surface area contributed by atoms with Gasteiger partial charge in [0.1, 0.15) is 11.7 Å². The van der Waals surface area contributed by atoms with Crippen molar-refractivity contribution in [2.75, 3.05) is 16.6 Å². The van der Waals surface area contributed by atoms with Gasteiger partial charge in [-0.25, -0.2) is 9.96 Å². The summed E-state index contributed by atoms with van der Waals surface area (Å²) in [7, 11) is 0. The average molecular weight is 513 g/mol. The van der Waals surface area contributed by atoms with E-state index in [9.17, 15) is 9.59 Å². The van der Waals surface area contributed by atoms with Crippen LogP contribution in [-0.4, -0.2) is 24.5 Å². The van der Waals surface area contributed by atoms with Gasteiger partial charge >= 0.3 is 0 Å². The molecule has 2 amide bonds. The van der Waals surface area contributed by atoms with E-state index in [2.05, 4.69) is 6.92 Å². The van der Waals surface area contributed by atoms with Crippen LogP contribution in [0.15, 0.2) is 78.9 Å². The topological polar surface area (TPSA) is 59.1 Å². The van der Waals surface area contributed by atoms with Crippen molar-refractivity contribution < 1.29 is 19.2 Å². The summed E-state index contributed by atoms with van der Waals surface area (Å²) in [6, 6.07) is 24.5. The molecule has 0 spiro atoms. The highest BCUT2D eigenvalue weighted by molar-refractivity contribution is 6.23. The molecule has 2 aliphatic rings. The Kier molecular flexibility index (Phi) is 8.08. The number of anilines is 2. The van der Waals surface area contributed by atoms with E-state index in [0.29, 0.717) is 12.3 Å². The third-order valence-corrected chi connectivity index (χ3v) is 7.41. The highest BCUT2D eigenvalue weighted by atomic mass is 16.7. The van der Waals surface area contributed by atoms with E-state index in [1.165, 1.54) is 37.0 Å². The monoisotopic (exact) mass is 512 g/mol. The number of aryl methyl sites for hydroxylation is 1. The predicted octanol–water partition coefficient (Wildman–Crippen LogP) is 6.79. The van der Waals surface area contributed by atoms with Gasteiger partial charge in [-0.1, -0.05) is 87.1 Å². The van der Waals surface area contributed by atoms with Crippen molar-refractivity contribution in [3.05, 3.63) is 90.0 Å². The normalized spacial score (nSPS) is 20.7. The molecule has 3 atom stereocenters. The molecule has 0 aromatic heterocycles. The first-order valence-corrected chi connectivity index (χ1v) is 13.8. The molecule has 0 saturated carbocycles. The van der Waals surface area contributed by atoms with Crippen LogP contribution < -0.4 is 14.7 Å². The lowest BCUT2D eigenvalue weighted by atomic mass is 9.90. The second-order valence-corrected chi connectivity index (χ2v) is 10.2. The van der Waals surface area contributed by atoms with Crippen molar-refractivity contribution in [1.82, 2.24) is 0 Å². The fourth-order valence-electron chi connectivity index (χ4n) is 5.33. The summed E-state index contributed by atoms with van der Waals surface area (Å²) in [5.41, 5.74) is 3.35. The third kappa shape index (κ3) is 5.32. The van der Waals surface area contributed by atoms with Gasteiger partial charge in [-0.3, -0.25) is 14.4 Å². The van der Waals surface area contributed by atoms with E-state index in [0.717, 1.165) is 29.0 Å². The van der Waals surface area contributed by atoms with Crippen LogP contribution in [0, 0.1) is 12.8 Å². The van der Waals surface area contributed by atoms with Crippen molar-refractivity contribution in [3.8, 4) is 5.75 Å². The van der Waals surface area contributed by atoms with E-state index in [1.54, 1.807) is 5.06 Å². The molecular formula is C32H36N2O4. The molecule has 198 valence electrons. The van der Waals surface area contributed by atoms with Crippen LogP contribution in [0.4, 0.5) is 11.4 Å². The molecule has 3 aromatic rings. The fraction of sp³-hybridized carbons (Fsp3) is 0.375. The summed E-state index contributed by atoms with van der Waals surface area (Å²) < 4.78 is 5.98. The van der Waals surface area contributed by atoms with Crippen molar-refractivity contribution >= 4 is 23.2 Å². The van der Waals surface area contributed by atoms with Crippen LogP contribution in [-0.2, 0) is 14.4 Å². The number of ether oxygens (including phenoxy) is 1. The number of hydrogen-bond donors (Lipinski definition) is 0. The molecule has 0 radical (unpaired) electrons. The first kappa shape index (κ1) is 26.0. The van der Waals surface area contributed by atoms with Crippen LogP contribution in [0.3, 0.4) is 0 Å². The van der Waals surface area contributed by atoms with Crippen LogP contribution in [0.5, 0.6) is 5.75 Å². The zero-order chi connectivity index (χ0) is 26.5. The van der Waals surface area contributed by atoms with E-state index in [4.69, 9.17) is 9.57 Å². The van der Waals surface area contributed by atoms with Gasteiger partial charge in [-0.15, -0.1) is 0 Å². The Morgan fingerprint density at radius 2 is 1.45 bits per heavy atom. The molecule has 6 heteroatoms. The lowest BCUT2D eigenvalue weighted by molar-refractivity contribution is -0.126. The molecule has 2 saturated heterocycles. The Labute approximate surface area is 225 Å². The van der Waals surface area contributed by atoms with Gasteiger partial charge in [-0.05, 0) is 55.3 Å². The maximum Gasteiger partial charge on any atom is 0.266 e. The Bertz CT molecular complexity index is 1230. The Hall–Kier alpha value is -3.64. The maximum absolute atomic E-state index is 13.8. The Morgan fingerprint density at radius 1 is 0.763 bits per heavy atom. The lowest BCUT2D eigenvalue weighted by Crippen LogP contribution is -2.37. The lowest BCUT2D eigenvalue weighted by Gasteiger charge is -2.29. The number of carbonyl (C=O) groups is 2. The highest BCUT2D eigenvalue weighted by Gasteiger charge is 2.60. The van der Waals surface area contributed by atoms with Gasteiger partial charge in [-0.2, -0.15) is 0 Å². The summed E-state index contributed by atoms with van der Waals surface area (Å²) in [5, 5.41) is 1.73. The third-order valence-electron chi connectivity index (χ3n) is 7.41. The molecule has 0 N–H and O–H groups in total. The summed E-state index contributed by atoms with van der Waals surface area (Å²) in [4.78, 5) is 34.7. The SMILES string of the molecule is CCCCCCCCOc1ccc([C@@H]2[C@@H]3C(=O)N(c4ccc(C)cc4)C(=O)[C@H]3ON2c2ccccc2)cc1. The number of hydroxylamine groups is 1. The number of nitrogens with zero attached hydrogens (tertiary/aromatic N) is 2. The van der Waals surface area contributed by atoms with E-state index in [1.807, 2.05) is 85.8 Å². The first-order chi connectivity index (χ1) is 18.6. The van der Waals surface area contributed by atoms with Crippen molar-refractivity contribution in [2.24, 2.45) is 5.92 Å². The highest BCUT2D eigenvalue weighted by Crippen LogP contribution is 2.47. The summed E-state index contributed by atoms with van der Waals surface area (Å²) in [5.74, 6) is -0.417. The first-order valence-electron chi connectivity index (χ1n) is 13.8. The van der Waals surface area contributed by atoms with E-state index >= 15 is 0 Å². The molecule has 5 rings (SSSR count). The van der Waals surface area contributed by atoms with Gasteiger partial charge < -0.3 is 4.74 Å². The minimum Gasteiger partial charge on any atom is -0.494 e. The average Bonchev–Trinajstić information content (AvgIpc) is 3.45. The smallest absolute Gasteiger partial charge is 0.266 e. The number of benzene rings is 3. The van der Waals surface area contributed by atoms with Crippen molar-refractivity contribution in [3.63, 3.8) is 0 Å². The molecule has 2 aliphatic heterocycles. The van der Waals surface area contributed by atoms with Crippen LogP contribution in [0.1, 0.15) is 62.6 Å². The maximum atomic E-state index is 13.8. The van der Waals surface area contributed by atoms with Gasteiger partial charge in [0.05, 0.1) is 24.0 Å². The Morgan fingerprint density at radius 3 is 2.16 bits per heavy atom. The zero-order valence-electron chi connectivity index (χ0n) is 22.2. The molecule has 3 aromatic carbocycles. The molecule has 2 heterocycles. The van der Waals surface area contributed by atoms with Crippen LogP contribution in [0.2, 0.25) is 0 Å². The molecule has 38 heavy (non-hydrogen) atoms. The molecule has 0 unspecified atom stereocenters. The number of amides is 2. The molecule has 0 bridgehead atoms. The van der Waals surface area contributed by atoms with Crippen LogP contribution in [0.25, 0.3) is 0 Å². The number of carbonyl (C=O) groups excluding carboxylic acids is 2. The zero-order valence-corrected chi connectivity index (χ0v) is 22.2. The number of fused-ring (bicyclic) bond motifs is 1. The summed E-state index contributed by atoms with van der Waals surface area (Å²) >= 11 is 0. The number of unbranched alkanes of at least 4 members (excludes halogenated alkanes) is 5. The van der Waals surface area contributed by atoms with Gasteiger partial charge in [0.2, 0.25) is 5.91 Å². The van der Waals surface area contributed by atoms with Crippen LogP contribution >= 0.6 is 0 Å². The minimum atomic E-state index is -0.877. The van der Waals surface area contributed by atoms with Crippen molar-refractivity contribution in [1.29, 1.82) is 0 Å². The molecule has 6 nitrogen and oxygen atoms in total. The quantitative estimate of drug-likeness (QED) is 0.209. The summed E-state index contributed by atoms with van der Waals surface area (Å²) in [6.07, 6.45) is 6.43. The predicted molar refractivity (Wildman–Crippen MR) is 149 cm³/mol. The Balaban J connectivity index is 1.35. The van der Waals surface area contributed by atoms with Gasteiger partial charge in [0.15, 0.2) is 6.10 Å². The number of rotatable bonds is 11. The number of hydrogen-bond acceptors (Lipinski definition) is 5.